The van der Waals surface area contributed by atoms with Crippen LogP contribution in [0, 0.1) is 10.1 Å². The van der Waals surface area contributed by atoms with Crippen LogP contribution >= 0.6 is 0 Å². The molecule has 0 heterocycles. The van der Waals surface area contributed by atoms with Crippen LogP contribution in [0.2, 0.25) is 0 Å². The summed E-state index contributed by atoms with van der Waals surface area (Å²) in [5.74, 6) is 0. The molecule has 4 aromatic rings. The average Bonchev–Trinajstić information content (AvgIpc) is 2.65. The van der Waals surface area contributed by atoms with Gasteiger partial charge >= 0.3 is 0 Å². The van der Waals surface area contributed by atoms with Crippen molar-refractivity contribution in [2.75, 3.05) is 0 Å². The molecule has 0 unspecified atom stereocenters. The van der Waals surface area contributed by atoms with E-state index in [1.54, 1.807) is 24.4 Å². The van der Waals surface area contributed by atoms with Crippen molar-refractivity contribution < 1.29 is 4.92 Å². The lowest BCUT2D eigenvalue weighted by Crippen LogP contribution is -1.90. The zero-order valence-electron chi connectivity index (χ0n) is 13.3. The van der Waals surface area contributed by atoms with Crippen LogP contribution in [-0.2, 0) is 0 Å². The van der Waals surface area contributed by atoms with Crippen LogP contribution in [0.5, 0.6) is 0 Å². The summed E-state index contributed by atoms with van der Waals surface area (Å²) in [6.45, 7) is 0. The van der Waals surface area contributed by atoms with Crippen LogP contribution in [0.25, 0.3) is 21.5 Å². The minimum Gasteiger partial charge on any atom is -0.258 e. The lowest BCUT2D eigenvalue weighted by molar-refractivity contribution is -0.384. The molecule has 0 radical (unpaired) electrons. The smallest absolute Gasteiger partial charge is 0.258 e. The highest BCUT2D eigenvalue weighted by atomic mass is 16.6. The molecule has 4 nitrogen and oxygen atoms in total. The second-order valence-electron chi connectivity index (χ2n) is 5.74. The number of para-hydroxylation sites is 2. The minimum absolute atomic E-state index is 0.00305. The summed E-state index contributed by atoms with van der Waals surface area (Å²) in [6, 6.07) is 24.8. The second kappa shape index (κ2) is 6.17. The van der Waals surface area contributed by atoms with Gasteiger partial charge in [0.1, 0.15) is 5.69 Å². The second-order valence-corrected chi connectivity index (χ2v) is 5.74. The third-order valence-corrected chi connectivity index (χ3v) is 4.22. The van der Waals surface area contributed by atoms with Gasteiger partial charge in [0.15, 0.2) is 0 Å². The van der Waals surface area contributed by atoms with Gasteiger partial charge in [0, 0.05) is 17.8 Å². The van der Waals surface area contributed by atoms with Crippen molar-refractivity contribution in [3.05, 3.63) is 94.5 Å². The maximum Gasteiger partial charge on any atom is 0.294 e. The van der Waals surface area contributed by atoms with Crippen molar-refractivity contribution in [3.8, 4) is 0 Å². The van der Waals surface area contributed by atoms with E-state index in [1.807, 2.05) is 36.4 Å². The quantitative estimate of drug-likeness (QED) is 0.211. The first-order valence-corrected chi connectivity index (χ1v) is 7.92. The Morgan fingerprint density at radius 2 is 1.36 bits per heavy atom. The van der Waals surface area contributed by atoms with Crippen LogP contribution in [0.3, 0.4) is 0 Å². The van der Waals surface area contributed by atoms with Crippen LogP contribution in [-0.4, -0.2) is 11.1 Å². The Balaban J connectivity index is 1.95. The Labute approximate surface area is 144 Å². The number of aliphatic imine (C=N–C) groups is 1. The number of hydrogen-bond acceptors (Lipinski definition) is 3. The average molecular weight is 326 g/mol. The van der Waals surface area contributed by atoms with Crippen LogP contribution in [0.15, 0.2) is 83.9 Å². The molecule has 0 aliphatic heterocycles. The van der Waals surface area contributed by atoms with Gasteiger partial charge in [-0.3, -0.25) is 10.1 Å². The monoisotopic (exact) mass is 326 g/mol. The van der Waals surface area contributed by atoms with Gasteiger partial charge in [-0.25, -0.2) is 4.99 Å². The molecule has 0 fully saturated rings. The Bertz CT molecular complexity index is 1080. The number of nitro groups is 1. The summed E-state index contributed by atoms with van der Waals surface area (Å²) in [5.41, 5.74) is 1.32. The fraction of sp³-hybridized carbons (Fsp3) is 0. The number of rotatable bonds is 3. The Hall–Kier alpha value is -3.53. The highest BCUT2D eigenvalue weighted by molar-refractivity contribution is 6.13. The summed E-state index contributed by atoms with van der Waals surface area (Å²) in [4.78, 5) is 15.2. The molecule has 0 saturated heterocycles. The largest absolute Gasteiger partial charge is 0.294 e. The van der Waals surface area contributed by atoms with Gasteiger partial charge in [-0.15, -0.1) is 0 Å². The summed E-state index contributed by atoms with van der Waals surface area (Å²) in [6.07, 6.45) is 1.73. The van der Waals surface area contributed by atoms with Crippen molar-refractivity contribution in [2.24, 2.45) is 4.99 Å². The van der Waals surface area contributed by atoms with E-state index in [9.17, 15) is 10.1 Å². The lowest BCUT2D eigenvalue weighted by Gasteiger charge is -2.07. The molecule has 4 heteroatoms. The van der Waals surface area contributed by atoms with Crippen molar-refractivity contribution in [3.63, 3.8) is 0 Å². The maximum absolute atomic E-state index is 11.2. The predicted octanol–water partition coefficient (Wildman–Crippen LogP) is 5.65. The molecule has 0 aliphatic carbocycles. The molecule has 4 aromatic carbocycles. The number of fused-ring (bicyclic) bond motifs is 2. The summed E-state index contributed by atoms with van der Waals surface area (Å²) in [7, 11) is 0. The molecule has 0 amide bonds. The first-order valence-electron chi connectivity index (χ1n) is 7.92. The molecule has 25 heavy (non-hydrogen) atoms. The van der Waals surface area contributed by atoms with Crippen molar-refractivity contribution in [1.29, 1.82) is 0 Å². The fourth-order valence-electron chi connectivity index (χ4n) is 3.05. The predicted molar refractivity (Wildman–Crippen MR) is 102 cm³/mol. The van der Waals surface area contributed by atoms with Gasteiger partial charge < -0.3 is 0 Å². The van der Waals surface area contributed by atoms with Crippen molar-refractivity contribution in [1.82, 2.24) is 0 Å². The van der Waals surface area contributed by atoms with Gasteiger partial charge in [0.25, 0.3) is 5.69 Å². The third kappa shape index (κ3) is 2.74. The third-order valence-electron chi connectivity index (χ3n) is 4.22. The zero-order chi connectivity index (χ0) is 17.2. The highest BCUT2D eigenvalue weighted by Crippen LogP contribution is 2.30. The summed E-state index contributed by atoms with van der Waals surface area (Å²) < 4.78 is 0. The van der Waals surface area contributed by atoms with Crippen molar-refractivity contribution >= 4 is 39.1 Å². The standard InChI is InChI=1S/C21H14N2O2/c24-23(25)21-12-6-5-11-20(21)22-14-19-17-9-3-1-7-15(17)13-16-8-2-4-10-18(16)19/h1-14H. The lowest BCUT2D eigenvalue weighted by atomic mass is 9.97. The molecule has 0 aliphatic rings. The Morgan fingerprint density at radius 1 is 0.800 bits per heavy atom. The van der Waals surface area contributed by atoms with E-state index in [2.05, 4.69) is 23.2 Å². The van der Waals surface area contributed by atoms with Gasteiger partial charge in [-0.2, -0.15) is 0 Å². The molecule has 0 N–H and O–H groups in total. The Morgan fingerprint density at radius 3 is 2.00 bits per heavy atom. The van der Waals surface area contributed by atoms with Crippen LogP contribution in [0.4, 0.5) is 11.4 Å². The van der Waals surface area contributed by atoms with E-state index in [0.29, 0.717) is 5.69 Å². The number of nitrogens with zero attached hydrogens (tertiary/aromatic N) is 2. The number of hydrogen-bond donors (Lipinski definition) is 0. The van der Waals surface area contributed by atoms with Crippen LogP contribution < -0.4 is 0 Å². The number of nitro benzene ring substituents is 1. The first-order chi connectivity index (χ1) is 12.2. The zero-order valence-corrected chi connectivity index (χ0v) is 13.3. The topological polar surface area (TPSA) is 55.5 Å². The molecule has 0 saturated carbocycles. The van der Waals surface area contributed by atoms with Crippen molar-refractivity contribution in [2.45, 2.75) is 0 Å². The molecule has 4 rings (SSSR count). The van der Waals surface area contributed by atoms with E-state index >= 15 is 0 Å². The summed E-state index contributed by atoms with van der Waals surface area (Å²) >= 11 is 0. The van der Waals surface area contributed by atoms with Gasteiger partial charge in [0.05, 0.1) is 4.92 Å². The van der Waals surface area contributed by atoms with Gasteiger partial charge in [-0.1, -0.05) is 60.7 Å². The van der Waals surface area contributed by atoms with E-state index in [-0.39, 0.29) is 5.69 Å². The SMILES string of the molecule is O=[N+]([O-])c1ccccc1N=Cc1c2ccccc2cc2ccccc12. The summed E-state index contributed by atoms with van der Waals surface area (Å²) in [5, 5.41) is 15.6. The molecule has 0 atom stereocenters. The van der Waals surface area contributed by atoms with E-state index in [1.165, 1.54) is 6.07 Å². The molecule has 0 aromatic heterocycles. The van der Waals surface area contributed by atoms with Gasteiger partial charge in [0.2, 0.25) is 0 Å². The first kappa shape index (κ1) is 15.0. The van der Waals surface area contributed by atoms with Crippen LogP contribution in [0.1, 0.15) is 5.56 Å². The van der Waals surface area contributed by atoms with E-state index in [4.69, 9.17) is 0 Å². The molecular formula is C21H14N2O2. The molecule has 0 bridgehead atoms. The molecule has 0 spiro atoms. The minimum atomic E-state index is -0.409. The normalized spacial score (nSPS) is 11.4. The molecular weight excluding hydrogens is 312 g/mol. The Kier molecular flexibility index (Phi) is 3.71. The van der Waals surface area contributed by atoms with Gasteiger partial charge in [-0.05, 0) is 33.7 Å². The molecule has 120 valence electrons. The van der Waals surface area contributed by atoms with E-state index < -0.39 is 4.92 Å². The number of benzene rings is 4. The van der Waals surface area contributed by atoms with E-state index in [0.717, 1.165) is 27.1 Å². The maximum atomic E-state index is 11.2. The highest BCUT2D eigenvalue weighted by Gasteiger charge is 2.11. The fourth-order valence-corrected chi connectivity index (χ4v) is 3.05.